The van der Waals surface area contributed by atoms with Crippen molar-refractivity contribution in [2.75, 3.05) is 24.3 Å². The Labute approximate surface area is 123 Å². The van der Waals surface area contributed by atoms with E-state index in [-0.39, 0.29) is 5.56 Å². The fraction of sp³-hybridized carbons (Fsp3) is 0.267. The van der Waals surface area contributed by atoms with Crippen LogP contribution in [0.3, 0.4) is 0 Å². The molecule has 0 atom stereocenters. The summed E-state index contributed by atoms with van der Waals surface area (Å²) < 4.78 is 0. The minimum atomic E-state index is -1.02. The topological polar surface area (TPSA) is 78.3 Å². The van der Waals surface area contributed by atoms with E-state index in [0.717, 1.165) is 11.4 Å². The van der Waals surface area contributed by atoms with E-state index >= 15 is 0 Å². The molecule has 0 saturated heterocycles. The molecule has 0 aliphatic carbocycles. The lowest BCUT2D eigenvalue weighted by Gasteiger charge is -2.17. The van der Waals surface area contributed by atoms with Crippen molar-refractivity contribution in [2.45, 2.75) is 13.8 Å². The number of aromatic carboxylic acids is 1. The van der Waals surface area contributed by atoms with Gasteiger partial charge >= 0.3 is 5.97 Å². The van der Waals surface area contributed by atoms with Crippen LogP contribution >= 0.6 is 0 Å². The van der Waals surface area contributed by atoms with E-state index in [0.29, 0.717) is 11.6 Å². The van der Waals surface area contributed by atoms with Crippen LogP contribution in [0.5, 0.6) is 0 Å². The first-order valence-corrected chi connectivity index (χ1v) is 6.50. The molecule has 21 heavy (non-hydrogen) atoms. The number of nitrogens with one attached hydrogen (secondary N) is 1. The van der Waals surface area contributed by atoms with Gasteiger partial charge < -0.3 is 15.3 Å². The molecular weight excluding hydrogens is 268 g/mol. The molecule has 0 radical (unpaired) electrons. The molecule has 6 nitrogen and oxygen atoms in total. The van der Waals surface area contributed by atoms with Crippen LogP contribution in [0.25, 0.3) is 0 Å². The SMILES string of the molecule is Cc1ccc(Nc2ncc(C(=O)O)c(C)n2)cc1N(C)C. The van der Waals surface area contributed by atoms with Crippen LogP contribution in [0.2, 0.25) is 0 Å². The fourth-order valence-corrected chi connectivity index (χ4v) is 2.04. The molecule has 0 unspecified atom stereocenters. The Kier molecular flexibility index (Phi) is 4.07. The van der Waals surface area contributed by atoms with Gasteiger partial charge in [-0.3, -0.25) is 0 Å². The molecule has 2 rings (SSSR count). The second-order valence-corrected chi connectivity index (χ2v) is 5.02. The summed E-state index contributed by atoms with van der Waals surface area (Å²) in [4.78, 5) is 21.2. The van der Waals surface area contributed by atoms with Gasteiger partial charge in [-0.15, -0.1) is 0 Å². The van der Waals surface area contributed by atoms with Crippen molar-refractivity contribution in [2.24, 2.45) is 0 Å². The number of carbonyl (C=O) groups is 1. The summed E-state index contributed by atoms with van der Waals surface area (Å²) >= 11 is 0. The van der Waals surface area contributed by atoms with E-state index in [1.54, 1.807) is 6.92 Å². The predicted octanol–water partition coefficient (Wildman–Crippen LogP) is 2.60. The molecule has 0 saturated carbocycles. The second kappa shape index (κ2) is 5.78. The molecule has 0 amide bonds. The summed E-state index contributed by atoms with van der Waals surface area (Å²) in [7, 11) is 3.96. The highest BCUT2D eigenvalue weighted by atomic mass is 16.4. The summed E-state index contributed by atoms with van der Waals surface area (Å²) in [6.45, 7) is 3.69. The summed E-state index contributed by atoms with van der Waals surface area (Å²) in [6.07, 6.45) is 1.31. The van der Waals surface area contributed by atoms with Crippen LogP contribution in [0.1, 0.15) is 21.6 Å². The summed E-state index contributed by atoms with van der Waals surface area (Å²) in [5.41, 5.74) is 3.66. The van der Waals surface area contributed by atoms with Crippen molar-refractivity contribution in [3.63, 3.8) is 0 Å². The average molecular weight is 286 g/mol. The second-order valence-electron chi connectivity index (χ2n) is 5.02. The lowest BCUT2D eigenvalue weighted by molar-refractivity contribution is 0.0695. The number of benzene rings is 1. The maximum atomic E-state index is 10.9. The van der Waals surface area contributed by atoms with Gasteiger partial charge in [0.25, 0.3) is 0 Å². The number of nitrogens with zero attached hydrogens (tertiary/aromatic N) is 3. The van der Waals surface area contributed by atoms with Gasteiger partial charge in [-0.05, 0) is 31.5 Å². The highest BCUT2D eigenvalue weighted by molar-refractivity contribution is 5.88. The third-order valence-corrected chi connectivity index (χ3v) is 3.16. The molecule has 1 aromatic heterocycles. The summed E-state index contributed by atoms with van der Waals surface area (Å²) in [6, 6.07) is 5.95. The molecule has 1 aromatic carbocycles. The van der Waals surface area contributed by atoms with Crippen LogP contribution in [0.4, 0.5) is 17.3 Å². The molecule has 1 heterocycles. The average Bonchev–Trinajstić information content (AvgIpc) is 2.40. The van der Waals surface area contributed by atoms with Crippen LogP contribution in [-0.4, -0.2) is 35.1 Å². The quantitative estimate of drug-likeness (QED) is 0.899. The molecule has 2 aromatic rings. The van der Waals surface area contributed by atoms with Gasteiger partial charge in [0.15, 0.2) is 0 Å². The van der Waals surface area contributed by atoms with Gasteiger partial charge in [-0.25, -0.2) is 14.8 Å². The molecule has 110 valence electrons. The molecular formula is C15H18N4O2. The van der Waals surface area contributed by atoms with Gasteiger partial charge in [0, 0.05) is 31.7 Å². The smallest absolute Gasteiger partial charge is 0.339 e. The van der Waals surface area contributed by atoms with Crippen LogP contribution < -0.4 is 10.2 Å². The number of carboxylic acids is 1. The van der Waals surface area contributed by atoms with Crippen LogP contribution in [0.15, 0.2) is 24.4 Å². The minimum Gasteiger partial charge on any atom is -0.478 e. The minimum absolute atomic E-state index is 0.110. The zero-order valence-electron chi connectivity index (χ0n) is 12.5. The molecule has 0 aliphatic rings. The van der Waals surface area contributed by atoms with E-state index in [4.69, 9.17) is 5.11 Å². The standard InChI is InChI=1S/C15H18N4O2/c1-9-5-6-11(7-13(9)19(3)4)18-15-16-8-12(14(20)21)10(2)17-15/h5-8H,1-4H3,(H,20,21)(H,16,17,18). The maximum absolute atomic E-state index is 10.9. The Balaban J connectivity index is 2.28. The van der Waals surface area contributed by atoms with Gasteiger partial charge in [0.2, 0.25) is 5.95 Å². The van der Waals surface area contributed by atoms with E-state index < -0.39 is 5.97 Å². The Morgan fingerprint density at radius 1 is 1.29 bits per heavy atom. The van der Waals surface area contributed by atoms with Crippen LogP contribution in [0, 0.1) is 13.8 Å². The Morgan fingerprint density at radius 2 is 2.00 bits per heavy atom. The van der Waals surface area contributed by atoms with E-state index in [9.17, 15) is 4.79 Å². The molecule has 6 heteroatoms. The van der Waals surface area contributed by atoms with Gasteiger partial charge in [-0.2, -0.15) is 0 Å². The van der Waals surface area contributed by atoms with Crippen LogP contribution in [-0.2, 0) is 0 Å². The fourth-order valence-electron chi connectivity index (χ4n) is 2.04. The summed E-state index contributed by atoms with van der Waals surface area (Å²) in [5, 5.41) is 12.1. The maximum Gasteiger partial charge on any atom is 0.339 e. The number of aryl methyl sites for hydroxylation is 2. The third kappa shape index (κ3) is 3.28. The van der Waals surface area contributed by atoms with Crippen molar-refractivity contribution in [1.29, 1.82) is 0 Å². The lowest BCUT2D eigenvalue weighted by Crippen LogP contribution is -2.11. The molecule has 0 bridgehead atoms. The highest BCUT2D eigenvalue weighted by Gasteiger charge is 2.10. The number of hydrogen-bond acceptors (Lipinski definition) is 5. The first kappa shape index (κ1) is 14.8. The van der Waals surface area contributed by atoms with E-state index in [2.05, 4.69) is 15.3 Å². The first-order chi connectivity index (χ1) is 9.88. The molecule has 0 spiro atoms. The highest BCUT2D eigenvalue weighted by Crippen LogP contribution is 2.24. The molecule has 2 N–H and O–H groups in total. The zero-order valence-corrected chi connectivity index (χ0v) is 12.5. The number of carboxylic acid groups (broad SMARTS) is 1. The number of aromatic nitrogens is 2. The normalized spacial score (nSPS) is 10.3. The van der Waals surface area contributed by atoms with Crippen molar-refractivity contribution in [3.05, 3.63) is 41.2 Å². The Hall–Kier alpha value is -2.63. The molecule has 0 fully saturated rings. The first-order valence-electron chi connectivity index (χ1n) is 6.50. The zero-order chi connectivity index (χ0) is 15.6. The number of anilines is 3. The number of rotatable bonds is 4. The van der Waals surface area contributed by atoms with Crippen molar-refractivity contribution in [1.82, 2.24) is 9.97 Å². The van der Waals surface area contributed by atoms with Crippen molar-refractivity contribution >= 4 is 23.3 Å². The van der Waals surface area contributed by atoms with E-state index in [1.807, 2.05) is 44.1 Å². The lowest BCUT2D eigenvalue weighted by atomic mass is 10.1. The van der Waals surface area contributed by atoms with Gasteiger partial charge in [0.1, 0.15) is 0 Å². The summed E-state index contributed by atoms with van der Waals surface area (Å²) in [5.74, 6) is -0.643. The van der Waals surface area contributed by atoms with Gasteiger partial charge in [-0.1, -0.05) is 6.07 Å². The van der Waals surface area contributed by atoms with Crippen molar-refractivity contribution in [3.8, 4) is 0 Å². The molecule has 0 aliphatic heterocycles. The van der Waals surface area contributed by atoms with E-state index in [1.165, 1.54) is 11.8 Å². The number of hydrogen-bond donors (Lipinski definition) is 2. The monoisotopic (exact) mass is 286 g/mol. The third-order valence-electron chi connectivity index (χ3n) is 3.16. The van der Waals surface area contributed by atoms with Gasteiger partial charge in [0.05, 0.1) is 11.3 Å². The van der Waals surface area contributed by atoms with Crippen molar-refractivity contribution < 1.29 is 9.90 Å². The Bertz CT molecular complexity index is 683. The largest absolute Gasteiger partial charge is 0.478 e. The Morgan fingerprint density at radius 3 is 2.57 bits per heavy atom. The predicted molar refractivity (Wildman–Crippen MR) is 82.5 cm³/mol.